The van der Waals surface area contributed by atoms with Crippen LogP contribution >= 0.6 is 0 Å². The molecular formula is C19H40O4S. The summed E-state index contributed by atoms with van der Waals surface area (Å²) in [5.74, 6) is 0. The monoisotopic (exact) mass is 364 g/mol. The van der Waals surface area contributed by atoms with E-state index >= 15 is 0 Å². The van der Waals surface area contributed by atoms with E-state index in [0.29, 0.717) is 12.8 Å². The van der Waals surface area contributed by atoms with Crippen molar-refractivity contribution in [3.05, 3.63) is 0 Å². The van der Waals surface area contributed by atoms with Gasteiger partial charge in [0, 0.05) is 0 Å². The van der Waals surface area contributed by atoms with E-state index < -0.39 is 15.4 Å². The molecule has 24 heavy (non-hydrogen) atoms. The number of unbranched alkanes of at least 4 members (excludes halogenated alkanes) is 9. The highest BCUT2D eigenvalue weighted by molar-refractivity contribution is 7.86. The van der Waals surface area contributed by atoms with Gasteiger partial charge in [0.1, 0.15) is 0 Å². The molecule has 0 aromatic carbocycles. The normalized spacial score (nSPS) is 14.7. The molecule has 0 saturated carbocycles. The first-order valence-corrected chi connectivity index (χ1v) is 11.6. The zero-order valence-corrected chi connectivity index (χ0v) is 16.7. The molecule has 0 aliphatic rings. The van der Waals surface area contributed by atoms with Gasteiger partial charge in [-0.15, -0.1) is 0 Å². The average Bonchev–Trinajstić information content (AvgIpc) is 2.52. The van der Waals surface area contributed by atoms with Crippen molar-refractivity contribution in [2.24, 2.45) is 0 Å². The van der Waals surface area contributed by atoms with Crippen LogP contribution in [0.5, 0.6) is 0 Å². The summed E-state index contributed by atoms with van der Waals surface area (Å²) in [6, 6.07) is 0. The van der Waals surface area contributed by atoms with Gasteiger partial charge < -0.3 is 5.11 Å². The molecule has 0 radical (unpaired) electrons. The third kappa shape index (κ3) is 14.2. The fourth-order valence-corrected chi connectivity index (χ4v) is 4.04. The average molecular weight is 365 g/mol. The standard InChI is InChI=1S/C19H40O4S/c1-3-5-6-7-8-9-10-11-12-15-18(20)16-13-14-17-19(4-2)24(21,22)23/h18-20H,3-17H2,1-2H3,(H,21,22,23). The van der Waals surface area contributed by atoms with E-state index in [1.165, 1.54) is 51.4 Å². The van der Waals surface area contributed by atoms with Crippen LogP contribution in [0, 0.1) is 0 Å². The van der Waals surface area contributed by atoms with Gasteiger partial charge in [-0.2, -0.15) is 8.42 Å². The maximum atomic E-state index is 11.1. The van der Waals surface area contributed by atoms with Gasteiger partial charge in [0.15, 0.2) is 0 Å². The van der Waals surface area contributed by atoms with Crippen molar-refractivity contribution < 1.29 is 18.1 Å². The van der Waals surface area contributed by atoms with E-state index in [9.17, 15) is 13.5 Å². The van der Waals surface area contributed by atoms with Crippen molar-refractivity contribution in [3.8, 4) is 0 Å². The molecule has 2 unspecified atom stereocenters. The summed E-state index contributed by atoms with van der Waals surface area (Å²) in [6.07, 6.45) is 15.4. The SMILES string of the molecule is CCCCCCCCCCCC(O)CCCCC(CC)S(=O)(=O)O. The van der Waals surface area contributed by atoms with Gasteiger partial charge in [-0.1, -0.05) is 84.5 Å². The summed E-state index contributed by atoms with van der Waals surface area (Å²) in [5, 5.41) is 9.32. The molecule has 0 heterocycles. The van der Waals surface area contributed by atoms with Crippen molar-refractivity contribution in [1.82, 2.24) is 0 Å². The minimum atomic E-state index is -3.91. The quantitative estimate of drug-likeness (QED) is 0.264. The first-order valence-electron chi connectivity index (χ1n) is 10.1. The Morgan fingerprint density at radius 1 is 0.708 bits per heavy atom. The predicted molar refractivity (Wildman–Crippen MR) is 102 cm³/mol. The molecule has 0 aromatic rings. The van der Waals surface area contributed by atoms with Crippen LogP contribution in [0.15, 0.2) is 0 Å². The van der Waals surface area contributed by atoms with Gasteiger partial charge in [-0.05, 0) is 25.7 Å². The molecule has 0 amide bonds. The topological polar surface area (TPSA) is 74.6 Å². The highest BCUT2D eigenvalue weighted by Crippen LogP contribution is 2.17. The molecule has 4 nitrogen and oxygen atoms in total. The van der Waals surface area contributed by atoms with Crippen LogP contribution < -0.4 is 0 Å². The van der Waals surface area contributed by atoms with Crippen molar-refractivity contribution >= 4 is 10.1 Å². The van der Waals surface area contributed by atoms with Crippen LogP contribution in [0.25, 0.3) is 0 Å². The Morgan fingerprint density at radius 2 is 1.12 bits per heavy atom. The second-order valence-corrected chi connectivity index (χ2v) is 8.80. The maximum Gasteiger partial charge on any atom is 0.267 e. The number of aliphatic hydroxyl groups excluding tert-OH is 1. The number of hydrogen-bond acceptors (Lipinski definition) is 3. The Bertz CT molecular complexity index is 368. The molecule has 2 atom stereocenters. The van der Waals surface area contributed by atoms with E-state index in [2.05, 4.69) is 6.92 Å². The molecule has 0 spiro atoms. The van der Waals surface area contributed by atoms with Crippen LogP contribution in [-0.2, 0) is 10.1 Å². The number of rotatable bonds is 17. The van der Waals surface area contributed by atoms with Gasteiger partial charge in [-0.25, -0.2) is 0 Å². The Morgan fingerprint density at radius 3 is 1.58 bits per heavy atom. The Hall–Kier alpha value is -0.130. The van der Waals surface area contributed by atoms with Gasteiger partial charge in [0.2, 0.25) is 0 Å². The summed E-state index contributed by atoms with van der Waals surface area (Å²) < 4.78 is 31.3. The molecule has 0 aromatic heterocycles. The zero-order valence-electron chi connectivity index (χ0n) is 15.9. The summed E-state index contributed by atoms with van der Waals surface area (Å²) in [7, 11) is -3.91. The molecular weight excluding hydrogens is 324 g/mol. The van der Waals surface area contributed by atoms with Gasteiger partial charge >= 0.3 is 0 Å². The Labute approximate surface area is 150 Å². The zero-order chi connectivity index (χ0) is 18.3. The highest BCUT2D eigenvalue weighted by atomic mass is 32.2. The lowest BCUT2D eigenvalue weighted by Gasteiger charge is -2.13. The van der Waals surface area contributed by atoms with Crippen LogP contribution in [0.4, 0.5) is 0 Å². The molecule has 2 N–H and O–H groups in total. The van der Waals surface area contributed by atoms with Gasteiger partial charge in [0.25, 0.3) is 10.1 Å². The van der Waals surface area contributed by atoms with Crippen molar-refractivity contribution in [2.45, 2.75) is 122 Å². The molecule has 0 fully saturated rings. The second-order valence-electron chi connectivity index (χ2n) is 7.10. The minimum absolute atomic E-state index is 0.264. The second kappa shape index (κ2) is 15.2. The smallest absolute Gasteiger partial charge is 0.267 e. The Balaban J connectivity index is 3.46. The molecule has 5 heteroatoms. The molecule has 146 valence electrons. The third-order valence-corrected chi connectivity index (χ3v) is 6.24. The van der Waals surface area contributed by atoms with Crippen molar-refractivity contribution in [1.29, 1.82) is 0 Å². The lowest BCUT2D eigenvalue weighted by Crippen LogP contribution is -2.19. The fraction of sp³-hybridized carbons (Fsp3) is 1.00. The third-order valence-electron chi connectivity index (χ3n) is 4.83. The molecule has 0 rings (SSSR count). The van der Waals surface area contributed by atoms with Crippen LogP contribution in [-0.4, -0.2) is 29.4 Å². The summed E-state index contributed by atoms with van der Waals surface area (Å²) in [4.78, 5) is 0. The lowest BCUT2D eigenvalue weighted by atomic mass is 10.0. The molecule has 0 bridgehead atoms. The first-order chi connectivity index (χ1) is 11.4. The molecule has 0 saturated heterocycles. The van der Waals surface area contributed by atoms with Crippen LogP contribution in [0.2, 0.25) is 0 Å². The minimum Gasteiger partial charge on any atom is -0.393 e. The van der Waals surface area contributed by atoms with E-state index in [0.717, 1.165) is 32.1 Å². The summed E-state index contributed by atoms with van der Waals surface area (Å²) in [6.45, 7) is 4.01. The van der Waals surface area contributed by atoms with E-state index in [4.69, 9.17) is 4.55 Å². The number of hydrogen-bond donors (Lipinski definition) is 2. The fourth-order valence-electron chi connectivity index (χ4n) is 3.15. The summed E-state index contributed by atoms with van der Waals surface area (Å²) >= 11 is 0. The van der Waals surface area contributed by atoms with Crippen LogP contribution in [0.3, 0.4) is 0 Å². The van der Waals surface area contributed by atoms with Gasteiger partial charge in [0.05, 0.1) is 11.4 Å². The largest absolute Gasteiger partial charge is 0.393 e. The highest BCUT2D eigenvalue weighted by Gasteiger charge is 2.20. The van der Waals surface area contributed by atoms with E-state index in [1.807, 2.05) is 0 Å². The van der Waals surface area contributed by atoms with E-state index in [-0.39, 0.29) is 6.10 Å². The molecule has 0 aliphatic carbocycles. The maximum absolute atomic E-state index is 11.1. The Kier molecular flexibility index (Phi) is 15.1. The van der Waals surface area contributed by atoms with E-state index in [1.54, 1.807) is 6.92 Å². The molecule has 0 aliphatic heterocycles. The van der Waals surface area contributed by atoms with Crippen molar-refractivity contribution in [3.63, 3.8) is 0 Å². The predicted octanol–water partition coefficient (Wildman–Crippen LogP) is 5.50. The number of aliphatic hydroxyl groups is 1. The van der Waals surface area contributed by atoms with Crippen molar-refractivity contribution in [2.75, 3.05) is 0 Å². The first kappa shape index (κ1) is 23.9. The van der Waals surface area contributed by atoms with Crippen LogP contribution in [0.1, 0.15) is 110 Å². The lowest BCUT2D eigenvalue weighted by molar-refractivity contribution is 0.147. The summed E-state index contributed by atoms with van der Waals surface area (Å²) in [5.41, 5.74) is 0. The van der Waals surface area contributed by atoms with Gasteiger partial charge in [-0.3, -0.25) is 4.55 Å².